The Balaban J connectivity index is 2.11. The van der Waals surface area contributed by atoms with Crippen molar-refractivity contribution in [1.82, 2.24) is 0 Å². The molecule has 0 saturated heterocycles. The smallest absolute Gasteiger partial charge is 0.356 e. The van der Waals surface area contributed by atoms with Crippen molar-refractivity contribution >= 4 is 46.8 Å². The van der Waals surface area contributed by atoms with Gasteiger partial charge in [-0.3, -0.25) is 0 Å². The molecule has 116 valence electrons. The van der Waals surface area contributed by atoms with Gasteiger partial charge in [-0.1, -0.05) is 54.6 Å². The molecule has 0 radical (unpaired) electrons. The summed E-state index contributed by atoms with van der Waals surface area (Å²) in [7, 11) is -1.89. The van der Waals surface area contributed by atoms with Gasteiger partial charge in [-0.05, 0) is 51.4 Å². The lowest BCUT2D eigenvalue weighted by Crippen LogP contribution is -2.37. The summed E-state index contributed by atoms with van der Waals surface area (Å²) in [5, 5.41) is 9.09. The van der Waals surface area contributed by atoms with Gasteiger partial charge in [-0.2, -0.15) is 0 Å². The Kier molecular flexibility index (Phi) is 3.77. The highest BCUT2D eigenvalue weighted by Crippen LogP contribution is 2.33. The molecule has 4 aromatic rings. The largest absolute Gasteiger partial charge is 0.394 e. The number of hydrogen-bond acceptors (Lipinski definition) is 2. The molecule has 4 rings (SSSR count). The predicted molar refractivity (Wildman–Crippen MR) is 100 cm³/mol. The van der Waals surface area contributed by atoms with Crippen LogP contribution in [0.2, 0.25) is 0 Å². The Morgan fingerprint density at radius 2 is 1.35 bits per heavy atom. The lowest BCUT2D eigenvalue weighted by Gasteiger charge is -2.20. The molecule has 2 nitrogen and oxygen atoms in total. The summed E-state index contributed by atoms with van der Waals surface area (Å²) in [6.45, 7) is 5.46. The molecule has 0 atom stereocenters. The van der Waals surface area contributed by atoms with Gasteiger partial charge in [0.15, 0.2) is 0 Å². The van der Waals surface area contributed by atoms with Gasteiger partial charge < -0.3 is 8.85 Å². The third kappa shape index (κ3) is 2.32. The van der Waals surface area contributed by atoms with Crippen molar-refractivity contribution in [3.05, 3.63) is 54.6 Å². The fourth-order valence-electron chi connectivity index (χ4n) is 3.52. The lowest BCUT2D eigenvalue weighted by atomic mass is 9.94. The van der Waals surface area contributed by atoms with E-state index in [1.807, 2.05) is 13.8 Å². The molecule has 0 bridgehead atoms. The van der Waals surface area contributed by atoms with Gasteiger partial charge in [0.05, 0.1) is 0 Å². The molecule has 0 unspecified atom stereocenters. The van der Waals surface area contributed by atoms with Crippen LogP contribution in [0.3, 0.4) is 0 Å². The van der Waals surface area contributed by atoms with Crippen LogP contribution in [0.1, 0.15) is 13.8 Å². The first kappa shape index (κ1) is 14.6. The molecule has 0 saturated carbocycles. The summed E-state index contributed by atoms with van der Waals surface area (Å²) in [5.74, 6) is 0. The van der Waals surface area contributed by atoms with Crippen molar-refractivity contribution in [1.29, 1.82) is 0 Å². The van der Waals surface area contributed by atoms with Crippen LogP contribution in [0, 0.1) is 0 Å². The molecule has 0 amide bonds. The van der Waals surface area contributed by atoms with Crippen molar-refractivity contribution in [2.75, 3.05) is 13.2 Å². The molecule has 0 aliphatic rings. The van der Waals surface area contributed by atoms with Gasteiger partial charge in [0.25, 0.3) is 0 Å². The maximum absolute atomic E-state index is 6.01. The first-order chi connectivity index (χ1) is 11.3. The van der Waals surface area contributed by atoms with E-state index in [1.54, 1.807) is 0 Å². The Morgan fingerprint density at radius 1 is 0.739 bits per heavy atom. The van der Waals surface area contributed by atoms with Crippen LogP contribution < -0.4 is 5.19 Å². The van der Waals surface area contributed by atoms with E-state index in [2.05, 4.69) is 54.6 Å². The minimum Gasteiger partial charge on any atom is -0.394 e. The molecule has 4 aromatic carbocycles. The molecular formula is C20H20O2Si. The maximum Gasteiger partial charge on any atom is 0.356 e. The van der Waals surface area contributed by atoms with E-state index in [4.69, 9.17) is 8.85 Å². The monoisotopic (exact) mass is 320 g/mol. The SMILES string of the molecule is CCO[SiH](OCC)c1cc2cccc3ccc4cccc1c4c32. The highest BCUT2D eigenvalue weighted by molar-refractivity contribution is 6.65. The highest BCUT2D eigenvalue weighted by atomic mass is 28.3. The van der Waals surface area contributed by atoms with Crippen molar-refractivity contribution in [3.63, 3.8) is 0 Å². The van der Waals surface area contributed by atoms with E-state index in [9.17, 15) is 0 Å². The van der Waals surface area contributed by atoms with E-state index in [0.717, 1.165) is 0 Å². The molecule has 23 heavy (non-hydrogen) atoms. The minimum atomic E-state index is -1.89. The highest BCUT2D eigenvalue weighted by Gasteiger charge is 2.21. The average Bonchev–Trinajstić information content (AvgIpc) is 2.59. The molecular weight excluding hydrogens is 300 g/mol. The second kappa shape index (κ2) is 5.93. The van der Waals surface area contributed by atoms with Crippen molar-refractivity contribution in [3.8, 4) is 0 Å². The fraction of sp³-hybridized carbons (Fsp3) is 0.200. The first-order valence-corrected chi connectivity index (χ1v) is 9.75. The van der Waals surface area contributed by atoms with Crippen LogP contribution in [-0.4, -0.2) is 22.5 Å². The van der Waals surface area contributed by atoms with Crippen LogP contribution in [0.4, 0.5) is 0 Å². The van der Waals surface area contributed by atoms with Gasteiger partial charge in [-0.25, -0.2) is 0 Å². The number of benzene rings is 4. The predicted octanol–water partition coefficient (Wildman–Crippen LogP) is 4.08. The van der Waals surface area contributed by atoms with Gasteiger partial charge >= 0.3 is 9.28 Å². The molecule has 3 heteroatoms. The van der Waals surface area contributed by atoms with Crippen molar-refractivity contribution in [2.45, 2.75) is 13.8 Å². The standard InChI is InChI=1S/C20H20O2Si/c1-3-21-23(22-4-2)18-13-16-9-5-7-14-11-12-15-8-6-10-17(18)20(15)19(14)16/h5-13,23H,3-4H2,1-2H3. The van der Waals surface area contributed by atoms with Gasteiger partial charge in [-0.15, -0.1) is 0 Å². The number of rotatable bonds is 5. The van der Waals surface area contributed by atoms with Gasteiger partial charge in [0.2, 0.25) is 0 Å². The van der Waals surface area contributed by atoms with Crippen molar-refractivity contribution < 1.29 is 8.85 Å². The maximum atomic E-state index is 6.01. The second-order valence-corrected chi connectivity index (χ2v) is 7.71. The molecule has 0 N–H and O–H groups in total. The summed E-state index contributed by atoms with van der Waals surface area (Å²) in [6.07, 6.45) is 0. The Morgan fingerprint density at radius 3 is 2.04 bits per heavy atom. The van der Waals surface area contributed by atoms with E-state index < -0.39 is 9.28 Å². The topological polar surface area (TPSA) is 18.5 Å². The van der Waals surface area contributed by atoms with E-state index >= 15 is 0 Å². The summed E-state index contributed by atoms with van der Waals surface area (Å²) in [6, 6.07) is 19.8. The van der Waals surface area contributed by atoms with Crippen LogP contribution >= 0.6 is 0 Å². The van der Waals surface area contributed by atoms with E-state index in [1.165, 1.54) is 37.5 Å². The third-order valence-corrected chi connectivity index (χ3v) is 6.69. The third-order valence-electron chi connectivity index (χ3n) is 4.43. The van der Waals surface area contributed by atoms with Crippen LogP contribution in [-0.2, 0) is 8.85 Å². The summed E-state index contributed by atoms with van der Waals surface area (Å²) in [5.41, 5.74) is 0. The van der Waals surface area contributed by atoms with Gasteiger partial charge in [0, 0.05) is 13.2 Å². The van der Waals surface area contributed by atoms with E-state index in [-0.39, 0.29) is 0 Å². The molecule has 0 aliphatic carbocycles. The van der Waals surface area contributed by atoms with Gasteiger partial charge in [0.1, 0.15) is 0 Å². The molecule has 0 spiro atoms. The molecule has 0 aliphatic heterocycles. The Hall–Kier alpha value is -1.94. The summed E-state index contributed by atoms with van der Waals surface area (Å²) >= 11 is 0. The minimum absolute atomic E-state index is 0.691. The quantitative estimate of drug-likeness (QED) is 0.407. The van der Waals surface area contributed by atoms with Crippen LogP contribution in [0.5, 0.6) is 0 Å². The van der Waals surface area contributed by atoms with Crippen molar-refractivity contribution in [2.24, 2.45) is 0 Å². The zero-order chi connectivity index (χ0) is 15.8. The van der Waals surface area contributed by atoms with E-state index in [0.29, 0.717) is 13.2 Å². The van der Waals surface area contributed by atoms with Crippen LogP contribution in [0.15, 0.2) is 54.6 Å². The number of hydrogen-bond donors (Lipinski definition) is 0. The first-order valence-electron chi connectivity index (χ1n) is 8.23. The summed E-state index contributed by atoms with van der Waals surface area (Å²) in [4.78, 5) is 0. The molecule has 0 aromatic heterocycles. The summed E-state index contributed by atoms with van der Waals surface area (Å²) < 4.78 is 12.0. The zero-order valence-electron chi connectivity index (χ0n) is 13.5. The fourth-order valence-corrected chi connectivity index (χ4v) is 5.39. The average molecular weight is 320 g/mol. The second-order valence-electron chi connectivity index (χ2n) is 5.76. The molecule has 0 fully saturated rings. The normalized spacial score (nSPS) is 12.1. The Bertz CT molecular complexity index is 958. The van der Waals surface area contributed by atoms with Crippen LogP contribution in [0.25, 0.3) is 32.3 Å². The molecule has 0 heterocycles. The zero-order valence-corrected chi connectivity index (χ0v) is 14.7. The lowest BCUT2D eigenvalue weighted by molar-refractivity contribution is 0.225. The Labute approximate surface area is 137 Å².